The number of amides is 1. The Hall–Kier alpha value is -2.28. The van der Waals surface area contributed by atoms with Crippen LogP contribution in [0, 0.1) is 5.41 Å². The van der Waals surface area contributed by atoms with Gasteiger partial charge in [0.1, 0.15) is 6.54 Å². The van der Waals surface area contributed by atoms with Crippen LogP contribution < -0.4 is 15.5 Å². The number of hydrogen-bond donors (Lipinski definition) is 3. The van der Waals surface area contributed by atoms with Crippen molar-refractivity contribution in [1.29, 1.82) is 0 Å². The van der Waals surface area contributed by atoms with E-state index in [1.807, 2.05) is 17.9 Å². The Labute approximate surface area is 186 Å². The van der Waals surface area contributed by atoms with E-state index in [0.717, 1.165) is 58.5 Å². The Morgan fingerprint density at radius 3 is 2.42 bits per heavy atom. The highest BCUT2D eigenvalue weighted by Gasteiger charge is 2.31. The molecule has 0 spiro atoms. The van der Waals surface area contributed by atoms with Crippen molar-refractivity contribution in [2.75, 3.05) is 57.3 Å². The van der Waals surface area contributed by atoms with E-state index in [9.17, 15) is 9.90 Å². The van der Waals surface area contributed by atoms with Gasteiger partial charge in [-0.1, -0.05) is 37.5 Å². The van der Waals surface area contributed by atoms with Crippen molar-refractivity contribution < 1.29 is 9.90 Å². The molecule has 2 fully saturated rings. The van der Waals surface area contributed by atoms with Crippen LogP contribution in [-0.4, -0.2) is 74.3 Å². The Morgan fingerprint density at radius 2 is 1.77 bits per heavy atom. The zero-order chi connectivity index (χ0) is 21.9. The zero-order valence-electron chi connectivity index (χ0n) is 19.0. The van der Waals surface area contributed by atoms with Gasteiger partial charge >= 0.3 is 0 Å². The second-order valence-corrected chi connectivity index (χ2v) is 8.79. The van der Waals surface area contributed by atoms with Gasteiger partial charge in [0, 0.05) is 51.6 Å². The lowest BCUT2D eigenvalue weighted by atomic mass is 9.72. The minimum absolute atomic E-state index is 0.0765. The maximum Gasteiger partial charge on any atom is 0.244 e. The van der Waals surface area contributed by atoms with Gasteiger partial charge < -0.3 is 25.5 Å². The molecule has 0 unspecified atom stereocenters. The number of guanidine groups is 1. The number of aliphatic imine (C=N–C) groups is 1. The predicted octanol–water partition coefficient (Wildman–Crippen LogP) is 2.22. The van der Waals surface area contributed by atoms with Crippen molar-refractivity contribution in [2.24, 2.45) is 10.4 Å². The number of piperazine rings is 1. The smallest absolute Gasteiger partial charge is 0.244 e. The first-order valence-electron chi connectivity index (χ1n) is 11.9. The first-order chi connectivity index (χ1) is 15.2. The van der Waals surface area contributed by atoms with Crippen LogP contribution in [0.25, 0.3) is 0 Å². The maximum absolute atomic E-state index is 12.7. The molecule has 172 valence electrons. The first kappa shape index (κ1) is 23.4. The van der Waals surface area contributed by atoms with Gasteiger partial charge in [-0.3, -0.25) is 4.79 Å². The molecular formula is C24H39N5O2. The third kappa shape index (κ3) is 6.86. The number of rotatable bonds is 8. The van der Waals surface area contributed by atoms with E-state index in [4.69, 9.17) is 0 Å². The van der Waals surface area contributed by atoms with E-state index >= 15 is 0 Å². The van der Waals surface area contributed by atoms with E-state index in [2.05, 4.69) is 44.8 Å². The van der Waals surface area contributed by atoms with Crippen molar-refractivity contribution in [3.63, 3.8) is 0 Å². The highest BCUT2D eigenvalue weighted by molar-refractivity contribution is 5.85. The summed E-state index contributed by atoms with van der Waals surface area (Å²) in [5.41, 5.74) is 1.35. The molecule has 0 bridgehead atoms. The molecule has 3 N–H and O–H groups in total. The topological polar surface area (TPSA) is 80.2 Å². The van der Waals surface area contributed by atoms with E-state index < -0.39 is 0 Å². The summed E-state index contributed by atoms with van der Waals surface area (Å²) in [5.74, 6) is 0.773. The van der Waals surface area contributed by atoms with Crippen LogP contribution in [0.15, 0.2) is 35.3 Å². The summed E-state index contributed by atoms with van der Waals surface area (Å²) < 4.78 is 0. The lowest BCUT2D eigenvalue weighted by molar-refractivity contribution is -0.129. The number of aliphatic hydroxyl groups excluding tert-OH is 1. The fourth-order valence-electron chi connectivity index (χ4n) is 4.77. The fourth-order valence-corrected chi connectivity index (χ4v) is 4.77. The largest absolute Gasteiger partial charge is 0.396 e. The Balaban J connectivity index is 1.49. The third-order valence-electron chi connectivity index (χ3n) is 6.66. The van der Waals surface area contributed by atoms with Gasteiger partial charge in [0.05, 0.1) is 0 Å². The molecule has 7 nitrogen and oxygen atoms in total. The SMILES string of the molecule is CCNC(=NCC(=O)N1CCN(c2ccccc2)CC1)NCC1(CCO)CCCCC1. The lowest BCUT2D eigenvalue weighted by Crippen LogP contribution is -2.50. The van der Waals surface area contributed by atoms with Gasteiger partial charge in [0.25, 0.3) is 0 Å². The standard InChI is InChI=1S/C24H39N5O2/c1-2-25-23(27-20-24(13-18-30)11-7-4-8-12-24)26-19-22(31)29-16-14-28(15-17-29)21-9-5-3-6-10-21/h3,5-6,9-10,30H,2,4,7-8,11-20H2,1H3,(H2,25,26,27). The molecule has 1 heterocycles. The molecule has 1 aliphatic carbocycles. The average molecular weight is 430 g/mol. The number of anilines is 1. The molecule has 0 aromatic heterocycles. The first-order valence-corrected chi connectivity index (χ1v) is 11.9. The highest BCUT2D eigenvalue weighted by atomic mass is 16.3. The number of para-hydroxylation sites is 1. The van der Waals surface area contributed by atoms with Gasteiger partial charge in [0.2, 0.25) is 5.91 Å². The maximum atomic E-state index is 12.7. The van der Waals surface area contributed by atoms with Crippen molar-refractivity contribution in [3.8, 4) is 0 Å². The van der Waals surface area contributed by atoms with Crippen LogP contribution >= 0.6 is 0 Å². The van der Waals surface area contributed by atoms with Crippen molar-refractivity contribution in [2.45, 2.75) is 45.4 Å². The number of carbonyl (C=O) groups is 1. The van der Waals surface area contributed by atoms with Gasteiger partial charge in [-0.25, -0.2) is 4.99 Å². The van der Waals surface area contributed by atoms with Crippen LogP contribution in [-0.2, 0) is 4.79 Å². The van der Waals surface area contributed by atoms with Gasteiger partial charge in [-0.2, -0.15) is 0 Å². The molecule has 1 aromatic rings. The number of nitrogens with zero attached hydrogens (tertiary/aromatic N) is 3. The fraction of sp³-hybridized carbons (Fsp3) is 0.667. The summed E-state index contributed by atoms with van der Waals surface area (Å²) in [6.07, 6.45) is 6.85. The molecule has 1 aliphatic heterocycles. The molecular weight excluding hydrogens is 390 g/mol. The quantitative estimate of drug-likeness (QED) is 0.436. The van der Waals surface area contributed by atoms with Crippen molar-refractivity contribution in [3.05, 3.63) is 30.3 Å². The molecule has 1 saturated carbocycles. The third-order valence-corrected chi connectivity index (χ3v) is 6.66. The minimum Gasteiger partial charge on any atom is -0.396 e. The molecule has 1 amide bonds. The van der Waals surface area contributed by atoms with E-state index in [-0.39, 0.29) is 24.5 Å². The summed E-state index contributed by atoms with van der Waals surface area (Å²) >= 11 is 0. The minimum atomic E-state index is 0.0765. The normalized spacial score (nSPS) is 19.2. The lowest BCUT2D eigenvalue weighted by Gasteiger charge is -2.37. The second-order valence-electron chi connectivity index (χ2n) is 8.79. The molecule has 0 atom stereocenters. The van der Waals surface area contributed by atoms with Crippen LogP contribution in [0.5, 0.6) is 0 Å². The highest BCUT2D eigenvalue weighted by Crippen LogP contribution is 2.38. The molecule has 0 radical (unpaired) electrons. The van der Waals surface area contributed by atoms with Crippen molar-refractivity contribution in [1.82, 2.24) is 15.5 Å². The van der Waals surface area contributed by atoms with E-state index in [1.54, 1.807) is 0 Å². The van der Waals surface area contributed by atoms with E-state index in [0.29, 0.717) is 5.96 Å². The molecule has 1 saturated heterocycles. The van der Waals surface area contributed by atoms with Crippen LogP contribution in [0.4, 0.5) is 5.69 Å². The van der Waals surface area contributed by atoms with Crippen LogP contribution in [0.2, 0.25) is 0 Å². The predicted molar refractivity (Wildman–Crippen MR) is 126 cm³/mol. The molecule has 3 rings (SSSR count). The Morgan fingerprint density at radius 1 is 1.06 bits per heavy atom. The molecule has 31 heavy (non-hydrogen) atoms. The number of aliphatic hydroxyl groups is 1. The van der Waals surface area contributed by atoms with Gasteiger partial charge in [0.15, 0.2) is 5.96 Å². The number of hydrogen-bond acceptors (Lipinski definition) is 4. The summed E-state index contributed by atoms with van der Waals surface area (Å²) in [4.78, 5) is 21.5. The number of benzene rings is 1. The average Bonchev–Trinajstić information content (AvgIpc) is 2.82. The molecule has 1 aromatic carbocycles. The summed E-state index contributed by atoms with van der Waals surface area (Å²) in [5, 5.41) is 16.3. The van der Waals surface area contributed by atoms with Crippen LogP contribution in [0.3, 0.4) is 0 Å². The summed E-state index contributed by atoms with van der Waals surface area (Å²) in [6.45, 7) is 7.12. The number of nitrogens with one attached hydrogen (secondary N) is 2. The van der Waals surface area contributed by atoms with Crippen LogP contribution in [0.1, 0.15) is 45.4 Å². The second kappa shape index (κ2) is 11.9. The summed E-state index contributed by atoms with van der Waals surface area (Å²) in [7, 11) is 0. The number of carbonyl (C=O) groups excluding carboxylic acids is 1. The zero-order valence-corrected chi connectivity index (χ0v) is 19.0. The van der Waals surface area contributed by atoms with E-state index in [1.165, 1.54) is 24.9 Å². The van der Waals surface area contributed by atoms with Crippen molar-refractivity contribution >= 4 is 17.6 Å². The Bertz CT molecular complexity index is 690. The molecule has 7 heteroatoms. The van der Waals surface area contributed by atoms with Gasteiger partial charge in [-0.05, 0) is 43.7 Å². The molecule has 2 aliphatic rings. The van der Waals surface area contributed by atoms with Gasteiger partial charge in [-0.15, -0.1) is 0 Å². The summed E-state index contributed by atoms with van der Waals surface area (Å²) in [6, 6.07) is 10.4. The monoisotopic (exact) mass is 429 g/mol. The Kier molecular flexibility index (Phi) is 9.00.